The van der Waals surface area contributed by atoms with E-state index in [0.717, 1.165) is 0 Å². The Morgan fingerprint density at radius 2 is 2.06 bits per heavy atom. The maximum atomic E-state index is 12.4. The van der Waals surface area contributed by atoms with Crippen LogP contribution in [-0.2, 0) is 0 Å². The molecule has 1 atom stereocenters. The highest BCUT2D eigenvalue weighted by Gasteiger charge is 2.32. The lowest BCUT2D eigenvalue weighted by Crippen LogP contribution is -2.23. The molecule has 0 amide bonds. The highest BCUT2D eigenvalue weighted by molar-refractivity contribution is 5.30. The zero-order chi connectivity index (χ0) is 12.9. The predicted molar refractivity (Wildman–Crippen MR) is 60.1 cm³/mol. The first-order chi connectivity index (χ1) is 7.96. The summed E-state index contributed by atoms with van der Waals surface area (Å²) in [5.74, 6) is 0.590. The van der Waals surface area contributed by atoms with Crippen LogP contribution >= 0.6 is 0 Å². The molecule has 0 aliphatic rings. The third-order valence-electron chi connectivity index (χ3n) is 2.36. The Balaban J connectivity index is 2.84. The van der Waals surface area contributed by atoms with E-state index in [4.69, 9.17) is 4.74 Å². The van der Waals surface area contributed by atoms with Crippen molar-refractivity contribution in [2.75, 3.05) is 13.7 Å². The fourth-order valence-electron chi connectivity index (χ4n) is 1.61. The molecule has 0 bridgehead atoms. The molecule has 1 aromatic carbocycles. The zero-order valence-corrected chi connectivity index (χ0v) is 9.84. The van der Waals surface area contributed by atoms with E-state index < -0.39 is 18.6 Å². The maximum absolute atomic E-state index is 12.4. The molecule has 0 aromatic heterocycles. The van der Waals surface area contributed by atoms with Crippen molar-refractivity contribution < 1.29 is 17.9 Å². The van der Waals surface area contributed by atoms with E-state index in [9.17, 15) is 13.2 Å². The van der Waals surface area contributed by atoms with Crippen LogP contribution in [0, 0.1) is 0 Å². The first-order valence-electron chi connectivity index (χ1n) is 5.43. The van der Waals surface area contributed by atoms with Crippen molar-refractivity contribution >= 4 is 0 Å². The topological polar surface area (TPSA) is 21.3 Å². The van der Waals surface area contributed by atoms with Crippen LogP contribution < -0.4 is 10.1 Å². The molecule has 0 aliphatic heterocycles. The third-order valence-corrected chi connectivity index (χ3v) is 2.36. The summed E-state index contributed by atoms with van der Waals surface area (Å²) in [6.07, 6.45) is -5.08. The molecule has 0 saturated carbocycles. The molecule has 0 aliphatic carbocycles. The van der Waals surface area contributed by atoms with Gasteiger partial charge in [0.15, 0.2) is 0 Å². The molecule has 96 valence electrons. The van der Waals surface area contributed by atoms with Gasteiger partial charge in [0, 0.05) is 6.04 Å². The quantitative estimate of drug-likeness (QED) is 0.862. The summed E-state index contributed by atoms with van der Waals surface area (Å²) in [5, 5.41) is 2.67. The van der Waals surface area contributed by atoms with Crippen LogP contribution in [0.4, 0.5) is 13.2 Å². The summed E-state index contributed by atoms with van der Waals surface area (Å²) in [4.78, 5) is 0. The van der Waals surface area contributed by atoms with Gasteiger partial charge in [-0.3, -0.25) is 0 Å². The van der Waals surface area contributed by atoms with E-state index in [2.05, 4.69) is 5.32 Å². The van der Waals surface area contributed by atoms with Gasteiger partial charge in [-0.05, 0) is 31.7 Å². The largest absolute Gasteiger partial charge is 0.494 e. The Labute approximate surface area is 98.8 Å². The van der Waals surface area contributed by atoms with E-state index in [0.29, 0.717) is 17.9 Å². The lowest BCUT2D eigenvalue weighted by molar-refractivity contribution is -0.140. The van der Waals surface area contributed by atoms with Gasteiger partial charge in [-0.1, -0.05) is 12.1 Å². The fraction of sp³-hybridized carbons (Fsp3) is 0.500. The number of rotatable bonds is 5. The Bertz CT molecular complexity index is 352. The molecule has 1 aromatic rings. The molecule has 2 nitrogen and oxygen atoms in total. The summed E-state index contributed by atoms with van der Waals surface area (Å²) in [5.41, 5.74) is 0.579. The number of alkyl halides is 3. The summed E-state index contributed by atoms with van der Waals surface area (Å²) >= 11 is 0. The Morgan fingerprint density at radius 1 is 1.35 bits per heavy atom. The van der Waals surface area contributed by atoms with Crippen molar-refractivity contribution in [3.05, 3.63) is 29.8 Å². The van der Waals surface area contributed by atoms with Crippen LogP contribution in [0.15, 0.2) is 24.3 Å². The van der Waals surface area contributed by atoms with E-state index in [1.54, 1.807) is 24.3 Å². The van der Waals surface area contributed by atoms with Crippen LogP contribution in [-0.4, -0.2) is 19.8 Å². The van der Waals surface area contributed by atoms with Gasteiger partial charge >= 0.3 is 6.18 Å². The van der Waals surface area contributed by atoms with Gasteiger partial charge in [-0.25, -0.2) is 0 Å². The Morgan fingerprint density at radius 3 is 2.59 bits per heavy atom. The Hall–Kier alpha value is -1.23. The van der Waals surface area contributed by atoms with Crippen molar-refractivity contribution in [1.29, 1.82) is 0 Å². The monoisotopic (exact) mass is 247 g/mol. The van der Waals surface area contributed by atoms with Crippen LogP contribution in [0.25, 0.3) is 0 Å². The highest BCUT2D eigenvalue weighted by atomic mass is 19.4. The van der Waals surface area contributed by atoms with E-state index in [1.165, 1.54) is 7.05 Å². The smallest absolute Gasteiger partial charge is 0.390 e. The van der Waals surface area contributed by atoms with Gasteiger partial charge in [-0.15, -0.1) is 0 Å². The predicted octanol–water partition coefficient (Wildman–Crippen LogP) is 3.30. The average molecular weight is 247 g/mol. The lowest BCUT2D eigenvalue weighted by atomic mass is 10.0. The third kappa shape index (κ3) is 4.65. The maximum Gasteiger partial charge on any atom is 0.390 e. The second-order valence-electron chi connectivity index (χ2n) is 3.67. The minimum atomic E-state index is -4.19. The van der Waals surface area contributed by atoms with E-state index >= 15 is 0 Å². The number of ether oxygens (including phenoxy) is 1. The Kier molecular flexibility index (Phi) is 4.81. The van der Waals surface area contributed by atoms with Gasteiger partial charge in [0.1, 0.15) is 5.75 Å². The molecular formula is C12H16F3NO. The first-order valence-corrected chi connectivity index (χ1v) is 5.43. The number of hydrogen-bond acceptors (Lipinski definition) is 2. The second-order valence-corrected chi connectivity index (χ2v) is 3.67. The summed E-state index contributed by atoms with van der Waals surface area (Å²) in [7, 11) is 1.52. The normalized spacial score (nSPS) is 13.5. The van der Waals surface area contributed by atoms with Crippen LogP contribution in [0.2, 0.25) is 0 Å². The first kappa shape index (κ1) is 13.8. The van der Waals surface area contributed by atoms with Gasteiger partial charge in [0.05, 0.1) is 13.0 Å². The van der Waals surface area contributed by atoms with Gasteiger partial charge in [0.2, 0.25) is 0 Å². The molecule has 17 heavy (non-hydrogen) atoms. The number of halogens is 3. The van der Waals surface area contributed by atoms with E-state index in [-0.39, 0.29) is 0 Å². The fourth-order valence-corrected chi connectivity index (χ4v) is 1.61. The molecular weight excluding hydrogens is 231 g/mol. The molecule has 0 radical (unpaired) electrons. The second kappa shape index (κ2) is 5.91. The standard InChI is InChI=1S/C12H16F3NO/c1-3-17-10-6-4-5-9(7-10)11(16-2)8-12(13,14)15/h4-7,11,16H,3,8H2,1-2H3. The molecule has 0 saturated heterocycles. The van der Waals surface area contributed by atoms with Crippen molar-refractivity contribution in [3.63, 3.8) is 0 Å². The average Bonchev–Trinajstić information content (AvgIpc) is 2.25. The van der Waals surface area contributed by atoms with Gasteiger partial charge in [0.25, 0.3) is 0 Å². The minimum absolute atomic E-state index is 0.493. The molecule has 0 fully saturated rings. The molecule has 0 heterocycles. The summed E-state index contributed by atoms with van der Waals surface area (Å²) in [6, 6.07) is 5.98. The summed E-state index contributed by atoms with van der Waals surface area (Å²) < 4.78 is 42.3. The van der Waals surface area contributed by atoms with Crippen molar-refractivity contribution in [3.8, 4) is 5.75 Å². The van der Waals surface area contributed by atoms with Crippen molar-refractivity contribution in [2.24, 2.45) is 0 Å². The van der Waals surface area contributed by atoms with Crippen LogP contribution in [0.5, 0.6) is 5.75 Å². The molecule has 5 heteroatoms. The molecule has 1 unspecified atom stereocenters. The van der Waals surface area contributed by atoms with Crippen LogP contribution in [0.3, 0.4) is 0 Å². The zero-order valence-electron chi connectivity index (χ0n) is 9.84. The minimum Gasteiger partial charge on any atom is -0.494 e. The summed E-state index contributed by atoms with van der Waals surface area (Å²) in [6.45, 7) is 2.32. The molecule has 1 rings (SSSR count). The lowest BCUT2D eigenvalue weighted by Gasteiger charge is -2.19. The number of hydrogen-bond donors (Lipinski definition) is 1. The highest BCUT2D eigenvalue weighted by Crippen LogP contribution is 2.30. The van der Waals surface area contributed by atoms with Crippen LogP contribution in [0.1, 0.15) is 24.9 Å². The van der Waals surface area contributed by atoms with Gasteiger partial charge in [-0.2, -0.15) is 13.2 Å². The molecule has 1 N–H and O–H groups in total. The van der Waals surface area contributed by atoms with Gasteiger partial charge < -0.3 is 10.1 Å². The SMILES string of the molecule is CCOc1cccc(C(CC(F)(F)F)NC)c1. The van der Waals surface area contributed by atoms with E-state index in [1.807, 2.05) is 6.92 Å². The van der Waals surface area contributed by atoms with Crippen molar-refractivity contribution in [1.82, 2.24) is 5.32 Å². The number of benzene rings is 1. The van der Waals surface area contributed by atoms with Crippen molar-refractivity contribution in [2.45, 2.75) is 25.6 Å². The number of nitrogens with one attached hydrogen (secondary N) is 1. The molecule has 0 spiro atoms.